The number of carbonyl (C=O) groups excluding carboxylic acids is 1. The molecule has 8 heteroatoms. The molecule has 0 fully saturated rings. The Kier molecular flexibility index (Phi) is 4.32. The summed E-state index contributed by atoms with van der Waals surface area (Å²) in [6, 6.07) is 7.55. The third kappa shape index (κ3) is 3.12. The van der Waals surface area contributed by atoms with E-state index < -0.39 is 16.0 Å². The minimum absolute atomic E-state index is 0.0361. The molecule has 0 saturated carbocycles. The van der Waals surface area contributed by atoms with E-state index in [2.05, 4.69) is 9.46 Å². The molecule has 20 heavy (non-hydrogen) atoms. The van der Waals surface area contributed by atoms with E-state index in [9.17, 15) is 13.2 Å². The third-order valence-electron chi connectivity index (χ3n) is 2.39. The van der Waals surface area contributed by atoms with Gasteiger partial charge in [0.1, 0.15) is 9.77 Å². The number of anilines is 1. The maximum Gasteiger partial charge on any atom is 0.349 e. The number of carbonyl (C=O) groups is 1. The van der Waals surface area contributed by atoms with Gasteiger partial charge in [-0.1, -0.05) is 11.6 Å². The highest BCUT2D eigenvalue weighted by Gasteiger charge is 2.24. The summed E-state index contributed by atoms with van der Waals surface area (Å²) >= 11 is 6.74. The second kappa shape index (κ2) is 5.82. The maximum atomic E-state index is 12.2. The zero-order chi connectivity index (χ0) is 14.8. The van der Waals surface area contributed by atoms with Crippen LogP contribution in [-0.4, -0.2) is 21.5 Å². The molecule has 0 radical (unpaired) electrons. The van der Waals surface area contributed by atoms with Crippen molar-refractivity contribution >= 4 is 44.6 Å². The summed E-state index contributed by atoms with van der Waals surface area (Å²) in [5.74, 6) is -0.684. The molecule has 5 nitrogen and oxygen atoms in total. The quantitative estimate of drug-likeness (QED) is 0.874. The van der Waals surface area contributed by atoms with E-state index in [4.69, 9.17) is 11.6 Å². The molecule has 0 amide bonds. The van der Waals surface area contributed by atoms with Crippen LogP contribution >= 0.6 is 22.9 Å². The molecule has 0 aliphatic heterocycles. The lowest BCUT2D eigenvalue weighted by Gasteiger charge is -2.08. The summed E-state index contributed by atoms with van der Waals surface area (Å²) in [5.41, 5.74) is 0.358. The molecule has 0 spiro atoms. The second-order valence-corrected chi connectivity index (χ2v) is 6.72. The molecule has 2 aromatic rings. The van der Waals surface area contributed by atoms with Crippen LogP contribution in [0.15, 0.2) is 40.6 Å². The van der Waals surface area contributed by atoms with Crippen LogP contribution in [0.25, 0.3) is 0 Å². The van der Waals surface area contributed by atoms with Crippen molar-refractivity contribution in [2.24, 2.45) is 0 Å². The smallest absolute Gasteiger partial charge is 0.349 e. The molecule has 0 aliphatic rings. The van der Waals surface area contributed by atoms with Crippen molar-refractivity contribution in [3.05, 3.63) is 45.6 Å². The molecule has 106 valence electrons. The van der Waals surface area contributed by atoms with Crippen molar-refractivity contribution in [3.8, 4) is 0 Å². The average Bonchev–Trinajstić information content (AvgIpc) is 2.90. The van der Waals surface area contributed by atoms with Crippen LogP contribution < -0.4 is 4.72 Å². The lowest BCUT2D eigenvalue weighted by Crippen LogP contribution is -2.15. The van der Waals surface area contributed by atoms with Gasteiger partial charge in [0.15, 0.2) is 0 Å². The number of benzene rings is 1. The summed E-state index contributed by atoms with van der Waals surface area (Å²) in [4.78, 5) is 11.4. The fraction of sp³-hybridized carbons (Fsp3) is 0.0833. The summed E-state index contributed by atoms with van der Waals surface area (Å²) in [6.45, 7) is 0. The van der Waals surface area contributed by atoms with Gasteiger partial charge in [-0.05, 0) is 35.7 Å². The standard InChI is InChI=1S/C12H10ClNO4S2/c1-18-12(15)11-10(6-7-19-11)20(16,17)14-9-4-2-8(13)3-5-9/h2-7,14H,1H3. The van der Waals surface area contributed by atoms with Crippen molar-refractivity contribution in [2.45, 2.75) is 4.90 Å². The fourth-order valence-corrected chi connectivity index (χ4v) is 4.00. The summed E-state index contributed by atoms with van der Waals surface area (Å²) in [7, 11) is -2.65. The van der Waals surface area contributed by atoms with E-state index in [1.54, 1.807) is 12.1 Å². The number of methoxy groups -OCH3 is 1. The number of rotatable bonds is 4. The monoisotopic (exact) mass is 331 g/mol. The zero-order valence-corrected chi connectivity index (χ0v) is 12.7. The second-order valence-electron chi connectivity index (χ2n) is 3.72. The highest BCUT2D eigenvalue weighted by molar-refractivity contribution is 7.93. The molecule has 1 N–H and O–H groups in total. The van der Waals surface area contributed by atoms with Gasteiger partial charge in [0.25, 0.3) is 10.0 Å². The summed E-state index contributed by atoms with van der Waals surface area (Å²) in [5, 5.41) is 2.02. The van der Waals surface area contributed by atoms with Gasteiger partial charge in [0.05, 0.1) is 7.11 Å². The molecule has 1 aromatic heterocycles. The number of ether oxygens (including phenoxy) is 1. The van der Waals surface area contributed by atoms with Crippen LogP contribution in [0.4, 0.5) is 5.69 Å². The van der Waals surface area contributed by atoms with E-state index in [0.29, 0.717) is 10.7 Å². The molecular weight excluding hydrogens is 322 g/mol. The largest absolute Gasteiger partial charge is 0.465 e. The van der Waals surface area contributed by atoms with Gasteiger partial charge in [-0.3, -0.25) is 4.72 Å². The Bertz CT molecular complexity index is 722. The van der Waals surface area contributed by atoms with Crippen LogP contribution in [0.2, 0.25) is 5.02 Å². The third-order valence-corrected chi connectivity index (χ3v) is 5.09. The van der Waals surface area contributed by atoms with Gasteiger partial charge in [0.2, 0.25) is 0 Å². The summed E-state index contributed by atoms with van der Waals surface area (Å²) in [6.07, 6.45) is 0. The number of hydrogen-bond acceptors (Lipinski definition) is 5. The predicted molar refractivity (Wildman–Crippen MR) is 77.9 cm³/mol. The minimum atomic E-state index is -3.85. The van der Waals surface area contributed by atoms with Gasteiger partial charge >= 0.3 is 5.97 Å². The van der Waals surface area contributed by atoms with E-state index in [0.717, 1.165) is 11.3 Å². The minimum Gasteiger partial charge on any atom is -0.465 e. The topological polar surface area (TPSA) is 72.5 Å². The Hall–Kier alpha value is -1.57. The lowest BCUT2D eigenvalue weighted by atomic mass is 10.3. The van der Waals surface area contributed by atoms with Crippen molar-refractivity contribution < 1.29 is 17.9 Å². The number of esters is 1. The normalized spacial score (nSPS) is 11.1. The van der Waals surface area contributed by atoms with Gasteiger partial charge in [-0.2, -0.15) is 0 Å². The highest BCUT2D eigenvalue weighted by atomic mass is 35.5. The first kappa shape index (κ1) is 14.8. The highest BCUT2D eigenvalue weighted by Crippen LogP contribution is 2.25. The van der Waals surface area contributed by atoms with Gasteiger partial charge in [-0.25, -0.2) is 13.2 Å². The first-order valence-corrected chi connectivity index (χ1v) is 8.12. The number of nitrogens with one attached hydrogen (secondary N) is 1. The number of sulfonamides is 1. The summed E-state index contributed by atoms with van der Waals surface area (Å²) < 4.78 is 31.4. The van der Waals surface area contributed by atoms with Crippen LogP contribution in [0, 0.1) is 0 Å². The molecule has 0 aliphatic carbocycles. The Morgan fingerprint density at radius 3 is 2.50 bits per heavy atom. The Morgan fingerprint density at radius 1 is 1.25 bits per heavy atom. The van der Waals surface area contributed by atoms with Crippen molar-refractivity contribution in [3.63, 3.8) is 0 Å². The van der Waals surface area contributed by atoms with Gasteiger partial charge in [-0.15, -0.1) is 11.3 Å². The molecule has 0 bridgehead atoms. The van der Waals surface area contributed by atoms with Crippen molar-refractivity contribution in [1.82, 2.24) is 0 Å². The number of halogens is 1. The van der Waals surface area contributed by atoms with Gasteiger partial charge < -0.3 is 4.74 Å². The molecular formula is C12H10ClNO4S2. The lowest BCUT2D eigenvalue weighted by molar-refractivity contribution is 0.0602. The van der Waals surface area contributed by atoms with Crippen LogP contribution in [0.5, 0.6) is 0 Å². The number of thiophene rings is 1. The van der Waals surface area contributed by atoms with Gasteiger partial charge in [0, 0.05) is 10.7 Å². The van der Waals surface area contributed by atoms with E-state index in [1.165, 1.54) is 30.7 Å². The molecule has 0 unspecified atom stereocenters. The first-order valence-electron chi connectivity index (χ1n) is 5.38. The Morgan fingerprint density at radius 2 is 1.90 bits per heavy atom. The first-order chi connectivity index (χ1) is 9.44. The SMILES string of the molecule is COC(=O)c1sccc1S(=O)(=O)Nc1ccc(Cl)cc1. The fourth-order valence-electron chi connectivity index (χ4n) is 1.48. The zero-order valence-electron chi connectivity index (χ0n) is 10.3. The molecule has 0 atom stereocenters. The Labute approximate surface area is 125 Å². The van der Waals surface area contributed by atoms with Crippen molar-refractivity contribution in [1.29, 1.82) is 0 Å². The molecule has 1 heterocycles. The molecule has 1 aromatic carbocycles. The Balaban J connectivity index is 2.34. The van der Waals surface area contributed by atoms with Crippen LogP contribution in [0.3, 0.4) is 0 Å². The van der Waals surface area contributed by atoms with Crippen molar-refractivity contribution in [2.75, 3.05) is 11.8 Å². The predicted octanol–water partition coefficient (Wildman–Crippen LogP) is 2.99. The number of hydrogen-bond donors (Lipinski definition) is 1. The average molecular weight is 332 g/mol. The van der Waals surface area contributed by atoms with E-state index in [-0.39, 0.29) is 9.77 Å². The molecule has 0 saturated heterocycles. The van der Waals surface area contributed by atoms with Crippen LogP contribution in [0.1, 0.15) is 9.67 Å². The maximum absolute atomic E-state index is 12.2. The van der Waals surface area contributed by atoms with E-state index in [1.807, 2.05) is 0 Å². The van der Waals surface area contributed by atoms with E-state index >= 15 is 0 Å². The van der Waals surface area contributed by atoms with Crippen LogP contribution in [-0.2, 0) is 14.8 Å². The molecule has 2 rings (SSSR count).